The van der Waals surface area contributed by atoms with Gasteiger partial charge in [0.25, 0.3) is 0 Å². The van der Waals surface area contributed by atoms with Gasteiger partial charge >= 0.3 is 0 Å². The second-order valence-electron chi connectivity index (χ2n) is 5.48. The highest BCUT2D eigenvalue weighted by atomic mass is 35.5. The summed E-state index contributed by atoms with van der Waals surface area (Å²) >= 11 is 5.87. The molecule has 17 heavy (non-hydrogen) atoms. The number of aryl methyl sites for hydroxylation is 1. The summed E-state index contributed by atoms with van der Waals surface area (Å²) in [6.07, 6.45) is 1.60. The van der Waals surface area contributed by atoms with E-state index in [1.165, 1.54) is 6.07 Å². The number of halogens is 2. The Balaban J connectivity index is 2.69. The van der Waals surface area contributed by atoms with Gasteiger partial charge in [0.15, 0.2) is 0 Å². The monoisotopic (exact) mass is 257 g/mol. The zero-order valence-corrected chi connectivity index (χ0v) is 11.7. The largest absolute Gasteiger partial charge is 0.316 e. The van der Waals surface area contributed by atoms with Crippen LogP contribution in [0.5, 0.6) is 0 Å². The van der Waals surface area contributed by atoms with Crippen molar-refractivity contribution in [3.8, 4) is 0 Å². The summed E-state index contributed by atoms with van der Waals surface area (Å²) in [7, 11) is 1.95. The topological polar surface area (TPSA) is 12.0 Å². The van der Waals surface area contributed by atoms with Gasteiger partial charge in [0.2, 0.25) is 0 Å². The van der Waals surface area contributed by atoms with Crippen molar-refractivity contribution in [1.29, 1.82) is 0 Å². The quantitative estimate of drug-likeness (QED) is 0.858. The molecule has 0 aromatic heterocycles. The molecule has 96 valence electrons. The van der Waals surface area contributed by atoms with Gasteiger partial charge in [0, 0.05) is 11.1 Å². The van der Waals surface area contributed by atoms with Crippen molar-refractivity contribution in [2.45, 2.75) is 39.7 Å². The van der Waals surface area contributed by atoms with Crippen LogP contribution in [0.1, 0.15) is 32.8 Å². The van der Waals surface area contributed by atoms with Crippen LogP contribution in [0.4, 0.5) is 4.39 Å². The van der Waals surface area contributed by atoms with Crippen molar-refractivity contribution in [2.24, 2.45) is 5.41 Å². The highest BCUT2D eigenvalue weighted by molar-refractivity contribution is 6.30. The van der Waals surface area contributed by atoms with Gasteiger partial charge in [-0.2, -0.15) is 0 Å². The molecule has 0 saturated carbocycles. The van der Waals surface area contributed by atoms with E-state index in [0.29, 0.717) is 23.0 Å². The lowest BCUT2D eigenvalue weighted by Gasteiger charge is -2.30. The first-order chi connectivity index (χ1) is 7.84. The normalized spacial score (nSPS) is 13.8. The SMILES string of the molecule is CNC(CCc1cc(Cl)ccc1F)C(C)(C)C. The van der Waals surface area contributed by atoms with Crippen LogP contribution in [0.25, 0.3) is 0 Å². The molecule has 0 fully saturated rings. The molecule has 0 saturated heterocycles. The van der Waals surface area contributed by atoms with E-state index in [-0.39, 0.29) is 11.2 Å². The second kappa shape index (κ2) is 5.83. The Labute approximate surface area is 108 Å². The summed E-state index contributed by atoms with van der Waals surface area (Å²) in [6.45, 7) is 6.55. The zero-order chi connectivity index (χ0) is 13.1. The number of benzene rings is 1. The van der Waals surface area contributed by atoms with Crippen LogP contribution in [0, 0.1) is 11.2 Å². The number of nitrogens with one attached hydrogen (secondary N) is 1. The summed E-state index contributed by atoms with van der Waals surface area (Å²) in [5.74, 6) is -0.168. The fourth-order valence-corrected chi connectivity index (χ4v) is 2.24. The minimum atomic E-state index is -0.168. The number of hydrogen-bond donors (Lipinski definition) is 1. The molecule has 1 N–H and O–H groups in total. The third kappa shape index (κ3) is 4.29. The van der Waals surface area contributed by atoms with E-state index < -0.39 is 0 Å². The Bertz CT molecular complexity index is 371. The maximum absolute atomic E-state index is 13.5. The van der Waals surface area contributed by atoms with Crippen LogP contribution in [-0.4, -0.2) is 13.1 Å². The molecular formula is C14H21ClFN. The highest BCUT2D eigenvalue weighted by Crippen LogP contribution is 2.24. The third-order valence-electron chi connectivity index (χ3n) is 3.10. The lowest BCUT2D eigenvalue weighted by Crippen LogP contribution is -2.38. The van der Waals surface area contributed by atoms with Crippen LogP contribution in [-0.2, 0) is 6.42 Å². The predicted molar refractivity (Wildman–Crippen MR) is 72.0 cm³/mol. The van der Waals surface area contributed by atoms with Crippen molar-refractivity contribution < 1.29 is 4.39 Å². The second-order valence-corrected chi connectivity index (χ2v) is 5.92. The molecular weight excluding hydrogens is 237 g/mol. The molecule has 3 heteroatoms. The highest BCUT2D eigenvalue weighted by Gasteiger charge is 2.22. The van der Waals surface area contributed by atoms with E-state index in [1.54, 1.807) is 12.1 Å². The maximum Gasteiger partial charge on any atom is 0.126 e. The average molecular weight is 258 g/mol. The van der Waals surface area contributed by atoms with Crippen molar-refractivity contribution in [3.63, 3.8) is 0 Å². The molecule has 1 aromatic carbocycles. The molecule has 1 aromatic rings. The molecule has 0 spiro atoms. The van der Waals surface area contributed by atoms with Gasteiger partial charge in [0.1, 0.15) is 5.82 Å². The maximum atomic E-state index is 13.5. The fraction of sp³-hybridized carbons (Fsp3) is 0.571. The van der Waals surface area contributed by atoms with Gasteiger partial charge in [0.05, 0.1) is 0 Å². The van der Waals surface area contributed by atoms with Crippen molar-refractivity contribution in [2.75, 3.05) is 7.05 Å². The first-order valence-corrected chi connectivity index (χ1v) is 6.33. The van der Waals surface area contributed by atoms with Gasteiger partial charge in [-0.3, -0.25) is 0 Å². The third-order valence-corrected chi connectivity index (χ3v) is 3.34. The fourth-order valence-electron chi connectivity index (χ4n) is 2.05. The van der Waals surface area contributed by atoms with E-state index >= 15 is 0 Å². The smallest absolute Gasteiger partial charge is 0.126 e. The van der Waals surface area contributed by atoms with Crippen LogP contribution in [0.15, 0.2) is 18.2 Å². The summed E-state index contributed by atoms with van der Waals surface area (Å²) in [5.41, 5.74) is 0.867. The molecule has 0 aliphatic rings. The Morgan fingerprint density at radius 1 is 1.35 bits per heavy atom. The molecule has 1 unspecified atom stereocenters. The van der Waals surface area contributed by atoms with Crippen LogP contribution >= 0.6 is 11.6 Å². The Morgan fingerprint density at radius 3 is 2.53 bits per heavy atom. The van der Waals surface area contributed by atoms with E-state index in [2.05, 4.69) is 26.1 Å². The Morgan fingerprint density at radius 2 is 2.00 bits per heavy atom. The zero-order valence-electron chi connectivity index (χ0n) is 11.0. The molecule has 0 aliphatic carbocycles. The molecule has 1 atom stereocenters. The van der Waals surface area contributed by atoms with Crippen LogP contribution in [0.2, 0.25) is 5.02 Å². The molecule has 0 bridgehead atoms. The minimum Gasteiger partial charge on any atom is -0.316 e. The minimum absolute atomic E-state index is 0.168. The molecule has 0 heterocycles. The Hall–Kier alpha value is -0.600. The van der Waals surface area contributed by atoms with Crippen molar-refractivity contribution in [3.05, 3.63) is 34.6 Å². The van der Waals surface area contributed by atoms with E-state index in [1.807, 2.05) is 7.05 Å². The summed E-state index contributed by atoms with van der Waals surface area (Å²) in [6, 6.07) is 5.09. The van der Waals surface area contributed by atoms with E-state index in [0.717, 1.165) is 6.42 Å². The summed E-state index contributed by atoms with van der Waals surface area (Å²) in [4.78, 5) is 0. The number of rotatable bonds is 4. The van der Waals surface area contributed by atoms with Crippen LogP contribution < -0.4 is 5.32 Å². The molecule has 0 amide bonds. The van der Waals surface area contributed by atoms with Gasteiger partial charge in [-0.25, -0.2) is 4.39 Å². The molecule has 1 nitrogen and oxygen atoms in total. The van der Waals surface area contributed by atoms with E-state index in [9.17, 15) is 4.39 Å². The first-order valence-electron chi connectivity index (χ1n) is 5.96. The Kier molecular flexibility index (Phi) is 4.96. The first kappa shape index (κ1) is 14.5. The summed E-state index contributed by atoms with van der Waals surface area (Å²) in [5, 5.41) is 3.89. The lowest BCUT2D eigenvalue weighted by atomic mass is 9.83. The van der Waals surface area contributed by atoms with Crippen molar-refractivity contribution >= 4 is 11.6 Å². The van der Waals surface area contributed by atoms with Gasteiger partial charge in [-0.15, -0.1) is 0 Å². The average Bonchev–Trinajstić information content (AvgIpc) is 2.22. The van der Waals surface area contributed by atoms with Crippen LogP contribution in [0.3, 0.4) is 0 Å². The number of hydrogen-bond acceptors (Lipinski definition) is 1. The molecule has 1 rings (SSSR count). The standard InChI is InChI=1S/C14H21ClFN/c1-14(2,3)13(17-4)8-5-10-9-11(15)6-7-12(10)16/h6-7,9,13,17H,5,8H2,1-4H3. The summed E-state index contributed by atoms with van der Waals surface area (Å²) < 4.78 is 13.5. The molecule has 0 aliphatic heterocycles. The van der Waals surface area contributed by atoms with Gasteiger partial charge in [-0.05, 0) is 49.1 Å². The van der Waals surface area contributed by atoms with Gasteiger partial charge < -0.3 is 5.32 Å². The lowest BCUT2D eigenvalue weighted by molar-refractivity contribution is 0.267. The molecule has 0 radical (unpaired) electrons. The van der Waals surface area contributed by atoms with Crippen molar-refractivity contribution in [1.82, 2.24) is 5.32 Å². The van der Waals surface area contributed by atoms with Gasteiger partial charge in [-0.1, -0.05) is 32.4 Å². The van der Waals surface area contributed by atoms with E-state index in [4.69, 9.17) is 11.6 Å². The predicted octanol–water partition coefficient (Wildman–Crippen LogP) is 4.05.